The van der Waals surface area contributed by atoms with Crippen LogP contribution in [-0.2, 0) is 4.74 Å². The molecule has 1 aromatic heterocycles. The second-order valence-electron chi connectivity index (χ2n) is 5.00. The van der Waals surface area contributed by atoms with Gasteiger partial charge >= 0.3 is 5.97 Å². The number of anilines is 3. The molecule has 3 rings (SSSR count). The van der Waals surface area contributed by atoms with Crippen molar-refractivity contribution in [3.05, 3.63) is 34.8 Å². The standard InChI is InChI=1S/C15H17N3O2S/c1-2-20-14(19)10-5-6-12(11(16)7-10)17-15-18-13(8-21-15)9-3-4-9/h5-9H,2-4,16H2,1H3,(H,17,18). The van der Waals surface area contributed by atoms with Crippen molar-refractivity contribution in [1.82, 2.24) is 4.98 Å². The summed E-state index contributed by atoms with van der Waals surface area (Å²) in [6.45, 7) is 2.12. The Morgan fingerprint density at radius 3 is 3.00 bits per heavy atom. The molecule has 21 heavy (non-hydrogen) atoms. The maximum atomic E-state index is 11.6. The number of hydrogen-bond acceptors (Lipinski definition) is 6. The van der Waals surface area contributed by atoms with Crippen molar-refractivity contribution in [2.75, 3.05) is 17.7 Å². The zero-order chi connectivity index (χ0) is 14.8. The van der Waals surface area contributed by atoms with Crippen LogP contribution in [0, 0.1) is 0 Å². The number of esters is 1. The molecule has 0 saturated heterocycles. The molecule has 1 fully saturated rings. The molecule has 1 aliphatic rings. The van der Waals surface area contributed by atoms with Gasteiger partial charge in [0.2, 0.25) is 0 Å². The van der Waals surface area contributed by atoms with E-state index in [9.17, 15) is 4.79 Å². The van der Waals surface area contributed by atoms with Gasteiger partial charge < -0.3 is 15.8 Å². The minimum Gasteiger partial charge on any atom is -0.462 e. The van der Waals surface area contributed by atoms with E-state index in [1.165, 1.54) is 12.8 Å². The predicted molar refractivity (Wildman–Crippen MR) is 84.2 cm³/mol. The van der Waals surface area contributed by atoms with Crippen LogP contribution in [0.25, 0.3) is 0 Å². The third-order valence-corrected chi connectivity index (χ3v) is 4.10. The van der Waals surface area contributed by atoms with Crippen molar-refractivity contribution in [3.63, 3.8) is 0 Å². The largest absolute Gasteiger partial charge is 0.462 e. The average Bonchev–Trinajstić information content (AvgIpc) is 3.22. The molecule has 1 aliphatic carbocycles. The van der Waals surface area contributed by atoms with Crippen LogP contribution < -0.4 is 11.1 Å². The number of thiazole rings is 1. The molecule has 0 bridgehead atoms. The lowest BCUT2D eigenvalue weighted by molar-refractivity contribution is 0.0526. The number of nitrogens with two attached hydrogens (primary N) is 1. The topological polar surface area (TPSA) is 77.2 Å². The summed E-state index contributed by atoms with van der Waals surface area (Å²) in [4.78, 5) is 16.2. The summed E-state index contributed by atoms with van der Waals surface area (Å²) in [5, 5.41) is 6.12. The second kappa shape index (κ2) is 5.73. The molecule has 0 spiro atoms. The van der Waals surface area contributed by atoms with Gasteiger partial charge in [0.1, 0.15) is 0 Å². The van der Waals surface area contributed by atoms with Gasteiger partial charge in [-0.25, -0.2) is 9.78 Å². The lowest BCUT2D eigenvalue weighted by Crippen LogP contribution is -2.06. The predicted octanol–water partition coefficient (Wildman–Crippen LogP) is 3.52. The van der Waals surface area contributed by atoms with Crippen LogP contribution in [0.15, 0.2) is 23.6 Å². The highest BCUT2D eigenvalue weighted by atomic mass is 32.1. The second-order valence-corrected chi connectivity index (χ2v) is 5.86. The SMILES string of the molecule is CCOC(=O)c1ccc(Nc2nc(C3CC3)cs2)c(N)c1. The fourth-order valence-electron chi connectivity index (χ4n) is 2.04. The maximum absolute atomic E-state index is 11.6. The Balaban J connectivity index is 1.74. The Morgan fingerprint density at radius 2 is 2.33 bits per heavy atom. The van der Waals surface area contributed by atoms with Gasteiger partial charge in [0, 0.05) is 11.3 Å². The van der Waals surface area contributed by atoms with E-state index in [0.29, 0.717) is 23.8 Å². The summed E-state index contributed by atoms with van der Waals surface area (Å²) in [6.07, 6.45) is 2.47. The minimum atomic E-state index is -0.360. The first-order valence-electron chi connectivity index (χ1n) is 6.96. The van der Waals surface area contributed by atoms with Crippen LogP contribution >= 0.6 is 11.3 Å². The van der Waals surface area contributed by atoms with E-state index in [4.69, 9.17) is 10.5 Å². The summed E-state index contributed by atoms with van der Waals surface area (Å²) in [5.74, 6) is 0.279. The Kier molecular flexibility index (Phi) is 3.79. The highest BCUT2D eigenvalue weighted by molar-refractivity contribution is 7.13. The van der Waals surface area contributed by atoms with Crippen LogP contribution in [0.3, 0.4) is 0 Å². The fraction of sp³-hybridized carbons (Fsp3) is 0.333. The van der Waals surface area contributed by atoms with Crippen LogP contribution in [0.2, 0.25) is 0 Å². The number of benzene rings is 1. The Hall–Kier alpha value is -2.08. The normalized spacial score (nSPS) is 14.0. The van der Waals surface area contributed by atoms with Crippen molar-refractivity contribution < 1.29 is 9.53 Å². The summed E-state index contributed by atoms with van der Waals surface area (Å²) in [5.41, 5.74) is 8.85. The van der Waals surface area contributed by atoms with Crippen molar-refractivity contribution >= 4 is 33.8 Å². The number of hydrogen-bond donors (Lipinski definition) is 2. The molecule has 0 amide bonds. The lowest BCUT2D eigenvalue weighted by Gasteiger charge is -2.08. The third kappa shape index (κ3) is 3.16. The van der Waals surface area contributed by atoms with Gasteiger partial charge in [0.25, 0.3) is 0 Å². The number of carbonyl (C=O) groups excluding carboxylic acids is 1. The number of rotatable bonds is 5. The average molecular weight is 303 g/mol. The Morgan fingerprint density at radius 1 is 1.52 bits per heavy atom. The summed E-state index contributed by atoms with van der Waals surface area (Å²) < 4.78 is 4.95. The number of aromatic nitrogens is 1. The molecule has 3 N–H and O–H groups in total. The molecule has 0 aliphatic heterocycles. The molecule has 1 aromatic carbocycles. The molecule has 6 heteroatoms. The van der Waals surface area contributed by atoms with Crippen LogP contribution in [0.5, 0.6) is 0 Å². The molecule has 0 unspecified atom stereocenters. The van der Waals surface area contributed by atoms with Gasteiger partial charge in [0.05, 0.1) is 29.2 Å². The zero-order valence-electron chi connectivity index (χ0n) is 11.8. The van der Waals surface area contributed by atoms with Gasteiger partial charge in [-0.1, -0.05) is 0 Å². The quantitative estimate of drug-likeness (QED) is 0.652. The van der Waals surface area contributed by atoms with E-state index in [1.807, 2.05) is 0 Å². The van der Waals surface area contributed by atoms with Crippen LogP contribution in [0.4, 0.5) is 16.5 Å². The smallest absolute Gasteiger partial charge is 0.338 e. The van der Waals surface area contributed by atoms with E-state index < -0.39 is 0 Å². The highest BCUT2D eigenvalue weighted by Gasteiger charge is 2.26. The molecular formula is C15H17N3O2S. The van der Waals surface area contributed by atoms with Crippen molar-refractivity contribution in [1.29, 1.82) is 0 Å². The summed E-state index contributed by atoms with van der Waals surface area (Å²) in [6, 6.07) is 5.10. The van der Waals surface area contributed by atoms with E-state index in [-0.39, 0.29) is 5.97 Å². The first kappa shape index (κ1) is 13.9. The number of nitrogens with zero attached hydrogens (tertiary/aromatic N) is 1. The van der Waals surface area contributed by atoms with Gasteiger partial charge in [-0.15, -0.1) is 11.3 Å². The number of carbonyl (C=O) groups is 1. The minimum absolute atomic E-state index is 0.349. The van der Waals surface area contributed by atoms with Crippen molar-refractivity contribution in [3.8, 4) is 0 Å². The molecule has 2 aromatic rings. The summed E-state index contributed by atoms with van der Waals surface area (Å²) in [7, 11) is 0. The number of nitrogen functional groups attached to an aromatic ring is 1. The third-order valence-electron chi connectivity index (χ3n) is 3.32. The highest BCUT2D eigenvalue weighted by Crippen LogP contribution is 2.41. The zero-order valence-corrected chi connectivity index (χ0v) is 12.6. The first-order chi connectivity index (χ1) is 10.2. The molecular weight excluding hydrogens is 286 g/mol. The van der Waals surface area contributed by atoms with E-state index in [1.54, 1.807) is 36.5 Å². The van der Waals surface area contributed by atoms with Crippen molar-refractivity contribution in [2.45, 2.75) is 25.7 Å². The molecule has 5 nitrogen and oxygen atoms in total. The van der Waals surface area contributed by atoms with Gasteiger partial charge in [0.15, 0.2) is 5.13 Å². The van der Waals surface area contributed by atoms with Gasteiger partial charge in [-0.3, -0.25) is 0 Å². The molecule has 1 heterocycles. The monoisotopic (exact) mass is 303 g/mol. The molecule has 0 atom stereocenters. The molecule has 110 valence electrons. The van der Waals surface area contributed by atoms with Crippen LogP contribution in [0.1, 0.15) is 41.7 Å². The van der Waals surface area contributed by atoms with E-state index >= 15 is 0 Å². The summed E-state index contributed by atoms with van der Waals surface area (Å²) >= 11 is 1.57. The maximum Gasteiger partial charge on any atom is 0.338 e. The Labute approximate surface area is 127 Å². The molecule has 1 saturated carbocycles. The van der Waals surface area contributed by atoms with Crippen LogP contribution in [-0.4, -0.2) is 17.6 Å². The van der Waals surface area contributed by atoms with E-state index in [0.717, 1.165) is 16.5 Å². The number of nitrogens with one attached hydrogen (secondary N) is 1. The fourth-order valence-corrected chi connectivity index (χ4v) is 2.85. The van der Waals surface area contributed by atoms with Crippen molar-refractivity contribution in [2.24, 2.45) is 0 Å². The van der Waals surface area contributed by atoms with Gasteiger partial charge in [-0.05, 0) is 38.0 Å². The lowest BCUT2D eigenvalue weighted by atomic mass is 10.2. The Bertz CT molecular complexity index is 665. The molecule has 0 radical (unpaired) electrons. The first-order valence-corrected chi connectivity index (χ1v) is 7.84. The van der Waals surface area contributed by atoms with E-state index in [2.05, 4.69) is 15.7 Å². The number of ether oxygens (including phenoxy) is 1. The van der Waals surface area contributed by atoms with Gasteiger partial charge in [-0.2, -0.15) is 0 Å².